The molecule has 2 saturated heterocycles. The van der Waals surface area contributed by atoms with E-state index in [-0.39, 0.29) is 11.7 Å². The van der Waals surface area contributed by atoms with Crippen molar-refractivity contribution in [2.75, 3.05) is 6.61 Å². The largest absolute Gasteiger partial charge is 0.383 e. The van der Waals surface area contributed by atoms with Crippen molar-refractivity contribution in [3.63, 3.8) is 0 Å². The number of aliphatic hydroxyl groups is 1. The van der Waals surface area contributed by atoms with Crippen LogP contribution in [0.5, 0.6) is 0 Å². The Morgan fingerprint density at radius 3 is 2.74 bits per heavy atom. The second-order valence-corrected chi connectivity index (χ2v) is 7.93. The molecule has 3 nitrogen and oxygen atoms in total. The average molecular weight is 318 g/mol. The molecule has 0 saturated carbocycles. The Morgan fingerprint density at radius 1 is 1.17 bits per heavy atom. The Hall–Kier alpha value is -0.900. The SMILES string of the molecule is C/C1=C/CC[C@]2(C)O[C@H]2CC/C(C)=C/[C@@H]2OC[C@@](C)(O)/C2=C/C1. The van der Waals surface area contributed by atoms with Crippen molar-refractivity contribution in [2.24, 2.45) is 0 Å². The van der Waals surface area contributed by atoms with E-state index in [9.17, 15) is 5.11 Å². The summed E-state index contributed by atoms with van der Waals surface area (Å²) in [5.41, 5.74) is 2.90. The van der Waals surface area contributed by atoms with Crippen molar-refractivity contribution in [1.82, 2.24) is 0 Å². The summed E-state index contributed by atoms with van der Waals surface area (Å²) < 4.78 is 11.8. The van der Waals surface area contributed by atoms with Crippen molar-refractivity contribution in [1.29, 1.82) is 0 Å². The molecule has 3 aliphatic rings. The molecule has 0 aromatic heterocycles. The normalized spacial score (nSPS) is 48.7. The van der Waals surface area contributed by atoms with Gasteiger partial charge in [-0.15, -0.1) is 0 Å². The molecule has 2 fully saturated rings. The third-order valence-electron chi connectivity index (χ3n) is 5.52. The number of ether oxygens (including phenoxy) is 2. The number of allylic oxidation sites excluding steroid dienone is 4. The molecule has 0 aromatic rings. The molecule has 2 heterocycles. The lowest BCUT2D eigenvalue weighted by Crippen LogP contribution is -2.27. The van der Waals surface area contributed by atoms with Crippen LogP contribution < -0.4 is 0 Å². The van der Waals surface area contributed by atoms with E-state index < -0.39 is 5.60 Å². The van der Waals surface area contributed by atoms with E-state index in [4.69, 9.17) is 9.47 Å². The molecule has 0 amide bonds. The van der Waals surface area contributed by atoms with Gasteiger partial charge in [-0.1, -0.05) is 29.4 Å². The molecule has 23 heavy (non-hydrogen) atoms. The topological polar surface area (TPSA) is 42.0 Å². The van der Waals surface area contributed by atoms with Gasteiger partial charge < -0.3 is 14.6 Å². The zero-order valence-electron chi connectivity index (χ0n) is 14.9. The average Bonchev–Trinajstić information content (AvgIpc) is 3.02. The Bertz CT molecular complexity index is 555. The molecule has 0 bridgehead atoms. The molecule has 0 spiro atoms. The predicted octanol–water partition coefficient (Wildman–Crippen LogP) is 4.08. The lowest BCUT2D eigenvalue weighted by Gasteiger charge is -2.18. The first kappa shape index (κ1) is 16.9. The minimum atomic E-state index is -0.850. The maximum Gasteiger partial charge on any atom is 0.109 e. The highest BCUT2D eigenvalue weighted by Crippen LogP contribution is 2.44. The molecule has 0 unspecified atom stereocenters. The van der Waals surface area contributed by atoms with E-state index in [0.29, 0.717) is 12.7 Å². The van der Waals surface area contributed by atoms with Crippen molar-refractivity contribution in [3.05, 3.63) is 34.9 Å². The van der Waals surface area contributed by atoms with Gasteiger partial charge in [-0.3, -0.25) is 0 Å². The van der Waals surface area contributed by atoms with Crippen LogP contribution in [0.1, 0.15) is 59.8 Å². The minimum absolute atomic E-state index is 0.0791. The van der Waals surface area contributed by atoms with E-state index in [1.54, 1.807) is 0 Å². The van der Waals surface area contributed by atoms with Gasteiger partial charge >= 0.3 is 0 Å². The van der Waals surface area contributed by atoms with Crippen LogP contribution in [0, 0.1) is 0 Å². The van der Waals surface area contributed by atoms with Gasteiger partial charge in [-0.25, -0.2) is 0 Å². The van der Waals surface area contributed by atoms with Crippen LogP contribution in [0.15, 0.2) is 34.9 Å². The van der Waals surface area contributed by atoms with Crippen LogP contribution >= 0.6 is 0 Å². The van der Waals surface area contributed by atoms with Gasteiger partial charge in [0.15, 0.2) is 0 Å². The number of hydrogen-bond acceptors (Lipinski definition) is 3. The fourth-order valence-corrected chi connectivity index (χ4v) is 3.74. The van der Waals surface area contributed by atoms with E-state index in [0.717, 1.165) is 37.7 Å². The molecular formula is C20H30O3. The van der Waals surface area contributed by atoms with Crippen molar-refractivity contribution in [2.45, 2.75) is 83.2 Å². The lowest BCUT2D eigenvalue weighted by molar-refractivity contribution is 0.0487. The predicted molar refractivity (Wildman–Crippen MR) is 92.3 cm³/mol. The van der Waals surface area contributed by atoms with Gasteiger partial charge in [0.25, 0.3) is 0 Å². The first-order valence-corrected chi connectivity index (χ1v) is 8.85. The number of hydrogen-bond donors (Lipinski definition) is 1. The third kappa shape index (κ3) is 3.78. The van der Waals surface area contributed by atoms with Crippen LogP contribution in [-0.4, -0.2) is 35.1 Å². The van der Waals surface area contributed by atoms with Crippen molar-refractivity contribution < 1.29 is 14.6 Å². The smallest absolute Gasteiger partial charge is 0.109 e. The summed E-state index contributed by atoms with van der Waals surface area (Å²) in [4.78, 5) is 0. The van der Waals surface area contributed by atoms with Gasteiger partial charge in [0.1, 0.15) is 5.60 Å². The lowest BCUT2D eigenvalue weighted by atomic mass is 9.90. The van der Waals surface area contributed by atoms with Crippen LogP contribution in [0.4, 0.5) is 0 Å². The van der Waals surface area contributed by atoms with Gasteiger partial charge in [0, 0.05) is 0 Å². The number of epoxide rings is 1. The first-order valence-electron chi connectivity index (χ1n) is 8.85. The van der Waals surface area contributed by atoms with Crippen LogP contribution in [0.2, 0.25) is 0 Å². The van der Waals surface area contributed by atoms with Gasteiger partial charge in [0.05, 0.1) is 24.4 Å². The Balaban J connectivity index is 1.83. The second kappa shape index (κ2) is 6.19. The van der Waals surface area contributed by atoms with E-state index in [1.807, 2.05) is 6.92 Å². The highest BCUT2D eigenvalue weighted by Gasteiger charge is 2.50. The zero-order valence-corrected chi connectivity index (χ0v) is 14.9. The summed E-state index contributed by atoms with van der Waals surface area (Å²) >= 11 is 0. The summed E-state index contributed by atoms with van der Waals surface area (Å²) in [5, 5.41) is 10.6. The highest BCUT2D eigenvalue weighted by molar-refractivity contribution is 5.31. The Labute approximate surface area is 140 Å². The van der Waals surface area contributed by atoms with E-state index in [1.165, 1.54) is 11.1 Å². The van der Waals surface area contributed by atoms with Gasteiger partial charge in [-0.2, -0.15) is 0 Å². The highest BCUT2D eigenvalue weighted by atomic mass is 16.6. The standard InChI is InChI=1S/C20H30O3/c1-14-6-5-11-20(4)18(23-20)10-8-15(2)12-17-16(9-7-14)19(3,21)13-22-17/h6,9,12,17-18,21H,5,7-8,10-11,13H2,1-4H3/b14-6-,15-12+,16-9+/t17-,18-,19+,20-/m0/s1. The fourth-order valence-electron chi connectivity index (χ4n) is 3.74. The molecule has 1 N–H and O–H groups in total. The zero-order chi connectivity index (χ0) is 16.7. The number of rotatable bonds is 0. The summed E-state index contributed by atoms with van der Waals surface area (Å²) in [6.07, 6.45) is 12.1. The maximum atomic E-state index is 10.6. The summed E-state index contributed by atoms with van der Waals surface area (Å²) in [7, 11) is 0. The summed E-state index contributed by atoms with van der Waals surface area (Å²) in [6, 6.07) is 0. The fraction of sp³-hybridized carbons (Fsp3) is 0.700. The molecule has 128 valence electrons. The van der Waals surface area contributed by atoms with Gasteiger partial charge in [-0.05, 0) is 65.4 Å². The number of fused-ring (bicyclic) bond motifs is 2. The van der Waals surface area contributed by atoms with Crippen molar-refractivity contribution in [3.8, 4) is 0 Å². The Kier molecular flexibility index (Phi) is 4.56. The third-order valence-corrected chi connectivity index (χ3v) is 5.52. The Morgan fingerprint density at radius 2 is 1.96 bits per heavy atom. The van der Waals surface area contributed by atoms with E-state index in [2.05, 4.69) is 39.0 Å². The molecule has 1 aliphatic carbocycles. The van der Waals surface area contributed by atoms with Crippen molar-refractivity contribution >= 4 is 0 Å². The molecule has 3 heteroatoms. The molecule has 0 radical (unpaired) electrons. The van der Waals surface area contributed by atoms with Gasteiger partial charge in [0.2, 0.25) is 0 Å². The summed E-state index contributed by atoms with van der Waals surface area (Å²) in [6.45, 7) is 8.79. The summed E-state index contributed by atoms with van der Waals surface area (Å²) in [5.74, 6) is 0. The maximum absolute atomic E-state index is 10.6. The molecule has 2 aliphatic heterocycles. The molecule has 3 rings (SSSR count). The van der Waals surface area contributed by atoms with Crippen LogP contribution in [0.25, 0.3) is 0 Å². The van der Waals surface area contributed by atoms with Crippen LogP contribution in [0.3, 0.4) is 0 Å². The minimum Gasteiger partial charge on any atom is -0.383 e. The quantitative estimate of drug-likeness (QED) is 0.540. The van der Waals surface area contributed by atoms with E-state index >= 15 is 0 Å². The molecular weight excluding hydrogens is 288 g/mol. The monoisotopic (exact) mass is 318 g/mol. The molecule has 0 aromatic carbocycles. The first-order chi connectivity index (χ1) is 10.8. The molecule has 4 atom stereocenters. The second-order valence-electron chi connectivity index (χ2n) is 7.93. The van der Waals surface area contributed by atoms with Crippen LogP contribution in [-0.2, 0) is 9.47 Å².